The Balaban J connectivity index is 2.07. The highest BCUT2D eigenvalue weighted by Crippen LogP contribution is 2.20. The van der Waals surface area contributed by atoms with E-state index in [1.165, 1.54) is 12.1 Å². The molecule has 102 valence electrons. The van der Waals surface area contributed by atoms with E-state index in [1.54, 1.807) is 26.8 Å². The molecule has 3 nitrogen and oxygen atoms in total. The Labute approximate surface area is 110 Å². The molecule has 1 unspecified atom stereocenters. The van der Waals surface area contributed by atoms with E-state index in [4.69, 9.17) is 4.52 Å². The Morgan fingerprint density at radius 3 is 2.58 bits per heavy atom. The highest BCUT2D eigenvalue weighted by Gasteiger charge is 2.14. The van der Waals surface area contributed by atoms with Crippen LogP contribution in [0.1, 0.15) is 35.5 Å². The van der Waals surface area contributed by atoms with Crippen LogP contribution in [0.5, 0.6) is 0 Å². The second-order valence-corrected chi connectivity index (χ2v) is 4.65. The Hall–Kier alpha value is -1.75. The van der Waals surface area contributed by atoms with E-state index in [0.29, 0.717) is 17.7 Å². The maximum Gasteiger partial charge on any atom is 0.133 e. The third kappa shape index (κ3) is 3.17. The lowest BCUT2D eigenvalue weighted by molar-refractivity contribution is 0.386. The predicted octanol–water partition coefficient (Wildman–Crippen LogP) is 3.42. The lowest BCUT2D eigenvalue weighted by atomic mass is 10.0. The summed E-state index contributed by atoms with van der Waals surface area (Å²) in [6.07, 6.45) is 0. The monoisotopic (exact) mass is 266 g/mol. The lowest BCUT2D eigenvalue weighted by Gasteiger charge is -2.15. The van der Waals surface area contributed by atoms with Gasteiger partial charge in [0, 0.05) is 24.2 Å². The summed E-state index contributed by atoms with van der Waals surface area (Å²) in [7, 11) is 0. The van der Waals surface area contributed by atoms with E-state index in [1.807, 2.05) is 0 Å². The number of rotatable bonds is 4. The first kappa shape index (κ1) is 13.7. The third-order valence-corrected chi connectivity index (χ3v) is 3.01. The molecule has 2 aromatic rings. The van der Waals surface area contributed by atoms with Gasteiger partial charge in [0.2, 0.25) is 0 Å². The number of nitrogens with one attached hydrogen (secondary N) is 1. The van der Waals surface area contributed by atoms with Crippen molar-refractivity contribution in [1.29, 1.82) is 0 Å². The summed E-state index contributed by atoms with van der Waals surface area (Å²) in [5.74, 6) is -0.0884. The fraction of sp³-hybridized carbons (Fsp3) is 0.357. The minimum absolute atomic E-state index is 0.306. The van der Waals surface area contributed by atoms with Gasteiger partial charge in [0.05, 0.1) is 5.69 Å². The zero-order chi connectivity index (χ0) is 14.0. The quantitative estimate of drug-likeness (QED) is 0.921. The summed E-state index contributed by atoms with van der Waals surface area (Å²) in [6.45, 7) is 5.56. The van der Waals surface area contributed by atoms with Gasteiger partial charge in [-0.15, -0.1) is 0 Å². The maximum absolute atomic E-state index is 13.8. The minimum Gasteiger partial charge on any atom is -0.361 e. The first-order valence-corrected chi connectivity index (χ1v) is 6.08. The average molecular weight is 266 g/mol. The molecular formula is C14H16F2N2O. The predicted molar refractivity (Wildman–Crippen MR) is 67.6 cm³/mol. The second kappa shape index (κ2) is 5.48. The van der Waals surface area contributed by atoms with Crippen LogP contribution in [0.4, 0.5) is 8.78 Å². The molecule has 0 saturated carbocycles. The number of hydrogen-bond acceptors (Lipinski definition) is 3. The minimum atomic E-state index is -0.407. The van der Waals surface area contributed by atoms with Gasteiger partial charge in [-0.1, -0.05) is 5.16 Å². The molecule has 1 atom stereocenters. The van der Waals surface area contributed by atoms with Gasteiger partial charge in [-0.25, -0.2) is 8.78 Å². The fourth-order valence-electron chi connectivity index (χ4n) is 1.86. The van der Waals surface area contributed by atoms with Gasteiger partial charge in [0.1, 0.15) is 17.4 Å². The molecule has 0 radical (unpaired) electrons. The number of halogens is 2. The molecular weight excluding hydrogens is 250 g/mol. The van der Waals surface area contributed by atoms with E-state index in [0.717, 1.165) is 11.5 Å². The van der Waals surface area contributed by atoms with Crippen LogP contribution in [-0.4, -0.2) is 5.16 Å². The Kier molecular flexibility index (Phi) is 3.95. The Bertz CT molecular complexity index is 581. The first-order valence-electron chi connectivity index (χ1n) is 6.08. The number of benzene rings is 1. The normalized spacial score (nSPS) is 12.7. The molecule has 0 aliphatic rings. The van der Waals surface area contributed by atoms with Crippen molar-refractivity contribution in [3.8, 4) is 0 Å². The van der Waals surface area contributed by atoms with Crippen LogP contribution in [-0.2, 0) is 6.54 Å². The fourth-order valence-corrected chi connectivity index (χ4v) is 1.86. The molecule has 2 rings (SSSR count). The maximum atomic E-state index is 13.8. The molecule has 0 amide bonds. The van der Waals surface area contributed by atoms with Crippen molar-refractivity contribution in [2.24, 2.45) is 0 Å². The number of aryl methyl sites for hydroxylation is 2. The second-order valence-electron chi connectivity index (χ2n) is 4.65. The summed E-state index contributed by atoms with van der Waals surface area (Å²) in [5, 5.41) is 6.92. The Morgan fingerprint density at radius 1 is 1.21 bits per heavy atom. The summed E-state index contributed by atoms with van der Waals surface area (Å²) >= 11 is 0. The van der Waals surface area contributed by atoms with Crippen molar-refractivity contribution in [1.82, 2.24) is 10.5 Å². The van der Waals surface area contributed by atoms with Crippen molar-refractivity contribution >= 4 is 0 Å². The molecule has 1 aromatic carbocycles. The highest BCUT2D eigenvalue weighted by atomic mass is 19.1. The molecule has 19 heavy (non-hydrogen) atoms. The van der Waals surface area contributed by atoms with Crippen molar-refractivity contribution < 1.29 is 13.3 Å². The van der Waals surface area contributed by atoms with E-state index in [2.05, 4.69) is 10.5 Å². The highest BCUT2D eigenvalue weighted by molar-refractivity contribution is 5.27. The molecule has 0 fully saturated rings. The number of aromatic nitrogens is 1. The molecule has 1 aromatic heterocycles. The number of nitrogens with zero attached hydrogens (tertiary/aromatic N) is 1. The lowest BCUT2D eigenvalue weighted by Crippen LogP contribution is -2.19. The van der Waals surface area contributed by atoms with Gasteiger partial charge in [-0.3, -0.25) is 0 Å². The molecule has 1 heterocycles. The van der Waals surface area contributed by atoms with Crippen molar-refractivity contribution in [3.05, 3.63) is 52.4 Å². The zero-order valence-electron chi connectivity index (χ0n) is 11.1. The average Bonchev–Trinajstić information content (AvgIpc) is 2.77. The van der Waals surface area contributed by atoms with E-state index in [9.17, 15) is 8.78 Å². The Morgan fingerprint density at radius 2 is 1.95 bits per heavy atom. The molecule has 1 N–H and O–H groups in total. The standard InChI is InChI=1S/C14H16F2N2O/c1-8-4-14(16)12(6-13(8)15)10(3)17-7-11-5-9(2)19-18-11/h4-6,10,17H,7H2,1-3H3. The van der Waals surface area contributed by atoms with Gasteiger partial charge in [-0.05, 0) is 38.5 Å². The number of hydrogen-bond donors (Lipinski definition) is 1. The van der Waals surface area contributed by atoms with Crippen LogP contribution in [0.3, 0.4) is 0 Å². The molecule has 0 bridgehead atoms. The van der Waals surface area contributed by atoms with Crippen LogP contribution in [0.2, 0.25) is 0 Å². The van der Waals surface area contributed by atoms with Crippen LogP contribution in [0.15, 0.2) is 22.7 Å². The van der Waals surface area contributed by atoms with E-state index >= 15 is 0 Å². The summed E-state index contributed by atoms with van der Waals surface area (Å²) in [6, 6.07) is 3.93. The molecule has 0 saturated heterocycles. The van der Waals surface area contributed by atoms with Crippen molar-refractivity contribution in [2.75, 3.05) is 0 Å². The van der Waals surface area contributed by atoms with E-state index in [-0.39, 0.29) is 6.04 Å². The largest absolute Gasteiger partial charge is 0.361 e. The smallest absolute Gasteiger partial charge is 0.133 e. The first-order chi connectivity index (χ1) is 8.97. The third-order valence-electron chi connectivity index (χ3n) is 3.01. The zero-order valence-corrected chi connectivity index (χ0v) is 11.1. The molecule has 5 heteroatoms. The van der Waals surface area contributed by atoms with Gasteiger partial charge < -0.3 is 9.84 Å². The van der Waals surface area contributed by atoms with Gasteiger partial charge in [-0.2, -0.15) is 0 Å². The molecule has 0 aliphatic heterocycles. The topological polar surface area (TPSA) is 38.1 Å². The summed E-state index contributed by atoms with van der Waals surface area (Å²) in [4.78, 5) is 0. The summed E-state index contributed by atoms with van der Waals surface area (Å²) in [5.41, 5.74) is 1.35. The summed E-state index contributed by atoms with van der Waals surface area (Å²) < 4.78 is 32.2. The SMILES string of the molecule is Cc1cc(CNC(C)c2cc(F)c(C)cc2F)no1. The van der Waals surface area contributed by atoms with Gasteiger partial charge >= 0.3 is 0 Å². The van der Waals surface area contributed by atoms with Gasteiger partial charge in [0.25, 0.3) is 0 Å². The van der Waals surface area contributed by atoms with Crippen LogP contribution < -0.4 is 5.32 Å². The van der Waals surface area contributed by atoms with Crippen molar-refractivity contribution in [2.45, 2.75) is 33.4 Å². The van der Waals surface area contributed by atoms with Crippen molar-refractivity contribution in [3.63, 3.8) is 0 Å². The molecule has 0 aliphatic carbocycles. The van der Waals surface area contributed by atoms with Crippen LogP contribution in [0.25, 0.3) is 0 Å². The van der Waals surface area contributed by atoms with Crippen LogP contribution in [0, 0.1) is 25.5 Å². The van der Waals surface area contributed by atoms with E-state index < -0.39 is 11.6 Å². The van der Waals surface area contributed by atoms with Gasteiger partial charge in [0.15, 0.2) is 0 Å². The molecule has 0 spiro atoms. The van der Waals surface area contributed by atoms with Crippen LogP contribution >= 0.6 is 0 Å².